The second-order valence-corrected chi connectivity index (χ2v) is 6.45. The van der Waals surface area contributed by atoms with Gasteiger partial charge >= 0.3 is 0 Å². The van der Waals surface area contributed by atoms with Gasteiger partial charge in [0, 0.05) is 37.9 Å². The zero-order valence-corrected chi connectivity index (χ0v) is 14.2. The number of aliphatic hydroxyl groups is 2. The second kappa shape index (κ2) is 8.99. The van der Waals surface area contributed by atoms with Crippen LogP contribution < -0.4 is 4.90 Å². The van der Waals surface area contributed by atoms with Gasteiger partial charge < -0.3 is 15.1 Å². The van der Waals surface area contributed by atoms with Gasteiger partial charge in [-0.1, -0.05) is 49.9 Å². The number of piperazine rings is 1. The van der Waals surface area contributed by atoms with E-state index in [1.165, 1.54) is 0 Å². The standard InChI is InChI=1S/C20H26N2O2.CH4/c1-16(20(24)18-7-3-2-4-8-18)21-10-12-22(13-11-21)19-9-5-6-17(14-19)15-23;/h2-9,14,16,20,23-24H,10-13,15H2,1H3;1H4. The predicted molar refractivity (Wildman–Crippen MR) is 104 cm³/mol. The van der Waals surface area contributed by atoms with Crippen LogP contribution in [0.5, 0.6) is 0 Å². The Kier molecular flexibility index (Phi) is 7.00. The number of hydrogen-bond acceptors (Lipinski definition) is 4. The lowest BCUT2D eigenvalue weighted by molar-refractivity contribution is 0.0546. The molecule has 2 atom stereocenters. The van der Waals surface area contributed by atoms with Crippen molar-refractivity contribution < 1.29 is 10.2 Å². The minimum absolute atomic E-state index is 0. The Morgan fingerprint density at radius 1 is 0.960 bits per heavy atom. The van der Waals surface area contributed by atoms with E-state index in [2.05, 4.69) is 28.9 Å². The third-order valence-electron chi connectivity index (χ3n) is 4.95. The molecule has 1 saturated heterocycles. The first-order valence-corrected chi connectivity index (χ1v) is 8.61. The smallest absolute Gasteiger partial charge is 0.0942 e. The van der Waals surface area contributed by atoms with Gasteiger partial charge in [-0.2, -0.15) is 0 Å². The third kappa shape index (κ3) is 4.60. The van der Waals surface area contributed by atoms with E-state index in [0.29, 0.717) is 0 Å². The number of rotatable bonds is 5. The SMILES string of the molecule is C.CC(C(O)c1ccccc1)N1CCN(c2cccc(CO)c2)CC1. The summed E-state index contributed by atoms with van der Waals surface area (Å²) >= 11 is 0. The molecule has 1 aliphatic rings. The van der Waals surface area contributed by atoms with Crippen LogP contribution >= 0.6 is 0 Å². The van der Waals surface area contributed by atoms with Crippen LogP contribution in [0.2, 0.25) is 0 Å². The number of nitrogens with zero attached hydrogens (tertiary/aromatic N) is 2. The first kappa shape index (κ1) is 19.4. The average Bonchev–Trinajstić information content (AvgIpc) is 2.67. The Balaban J connectivity index is 0.00000225. The summed E-state index contributed by atoms with van der Waals surface area (Å²) < 4.78 is 0. The molecule has 0 aliphatic carbocycles. The highest BCUT2D eigenvalue weighted by Crippen LogP contribution is 2.24. The van der Waals surface area contributed by atoms with Crippen molar-refractivity contribution in [2.24, 2.45) is 0 Å². The predicted octanol–water partition coefficient (Wildman–Crippen LogP) is 3.06. The van der Waals surface area contributed by atoms with Crippen molar-refractivity contribution in [3.63, 3.8) is 0 Å². The molecule has 2 unspecified atom stereocenters. The normalized spacial score (nSPS) is 17.6. The molecule has 3 rings (SSSR count). The minimum Gasteiger partial charge on any atom is -0.392 e. The van der Waals surface area contributed by atoms with Crippen LogP contribution in [0.1, 0.15) is 31.6 Å². The fourth-order valence-corrected chi connectivity index (χ4v) is 3.37. The van der Waals surface area contributed by atoms with Gasteiger partial charge in [0.1, 0.15) is 0 Å². The number of benzene rings is 2. The summed E-state index contributed by atoms with van der Waals surface area (Å²) in [7, 11) is 0. The first-order chi connectivity index (χ1) is 11.7. The van der Waals surface area contributed by atoms with Crippen molar-refractivity contribution in [2.45, 2.75) is 33.1 Å². The van der Waals surface area contributed by atoms with Gasteiger partial charge in [0.15, 0.2) is 0 Å². The molecule has 0 spiro atoms. The molecule has 2 aromatic rings. The molecule has 1 aliphatic heterocycles. The van der Waals surface area contributed by atoms with Gasteiger partial charge in [0.05, 0.1) is 12.7 Å². The lowest BCUT2D eigenvalue weighted by Gasteiger charge is -2.40. The summed E-state index contributed by atoms with van der Waals surface area (Å²) in [6.07, 6.45) is -0.463. The van der Waals surface area contributed by atoms with E-state index in [9.17, 15) is 10.2 Å². The fraction of sp³-hybridized carbons (Fsp3) is 0.429. The summed E-state index contributed by atoms with van der Waals surface area (Å²) in [4.78, 5) is 4.70. The molecule has 0 bridgehead atoms. The van der Waals surface area contributed by atoms with Crippen molar-refractivity contribution in [3.8, 4) is 0 Å². The van der Waals surface area contributed by atoms with Gasteiger partial charge in [-0.3, -0.25) is 4.90 Å². The zero-order chi connectivity index (χ0) is 16.9. The molecule has 0 aromatic heterocycles. The summed E-state index contributed by atoms with van der Waals surface area (Å²) in [5.74, 6) is 0. The van der Waals surface area contributed by atoms with E-state index in [0.717, 1.165) is 43.0 Å². The van der Waals surface area contributed by atoms with Crippen LogP contribution in [0.15, 0.2) is 54.6 Å². The van der Waals surface area contributed by atoms with E-state index in [1.54, 1.807) is 0 Å². The summed E-state index contributed by atoms with van der Waals surface area (Å²) in [5.41, 5.74) is 3.09. The summed E-state index contributed by atoms with van der Waals surface area (Å²) in [6.45, 7) is 5.89. The van der Waals surface area contributed by atoms with Crippen LogP contribution in [-0.2, 0) is 6.61 Å². The van der Waals surface area contributed by atoms with E-state index >= 15 is 0 Å². The van der Waals surface area contributed by atoms with E-state index < -0.39 is 6.10 Å². The molecule has 1 fully saturated rings. The molecule has 0 saturated carbocycles. The van der Waals surface area contributed by atoms with Gasteiger partial charge in [-0.05, 0) is 30.2 Å². The summed E-state index contributed by atoms with van der Waals surface area (Å²) in [5, 5.41) is 19.9. The van der Waals surface area contributed by atoms with Crippen LogP contribution in [0, 0.1) is 0 Å². The van der Waals surface area contributed by atoms with Gasteiger partial charge in [-0.25, -0.2) is 0 Å². The quantitative estimate of drug-likeness (QED) is 0.877. The third-order valence-corrected chi connectivity index (χ3v) is 4.95. The van der Waals surface area contributed by atoms with Gasteiger partial charge in [0.25, 0.3) is 0 Å². The maximum atomic E-state index is 10.6. The lowest BCUT2D eigenvalue weighted by Crippen LogP contribution is -2.51. The highest BCUT2D eigenvalue weighted by molar-refractivity contribution is 5.49. The maximum absolute atomic E-state index is 10.6. The Hall–Kier alpha value is -1.88. The Bertz CT molecular complexity index is 639. The highest BCUT2D eigenvalue weighted by atomic mass is 16.3. The number of aliphatic hydroxyl groups excluding tert-OH is 2. The molecular formula is C21H30N2O2. The zero-order valence-electron chi connectivity index (χ0n) is 14.2. The van der Waals surface area contributed by atoms with Crippen LogP contribution in [-0.4, -0.2) is 47.3 Å². The van der Waals surface area contributed by atoms with Crippen molar-refractivity contribution in [1.82, 2.24) is 4.90 Å². The molecular weight excluding hydrogens is 312 g/mol. The molecule has 1 heterocycles. The maximum Gasteiger partial charge on any atom is 0.0942 e. The average molecular weight is 342 g/mol. The van der Waals surface area contributed by atoms with E-state index in [1.807, 2.05) is 42.5 Å². The van der Waals surface area contributed by atoms with Crippen molar-refractivity contribution in [1.29, 1.82) is 0 Å². The van der Waals surface area contributed by atoms with Crippen molar-refractivity contribution in [3.05, 3.63) is 65.7 Å². The van der Waals surface area contributed by atoms with Gasteiger partial charge in [0.2, 0.25) is 0 Å². The summed E-state index contributed by atoms with van der Waals surface area (Å²) in [6, 6.07) is 18.1. The number of hydrogen-bond donors (Lipinski definition) is 2. The molecule has 2 N–H and O–H groups in total. The van der Waals surface area contributed by atoms with E-state index in [-0.39, 0.29) is 20.1 Å². The Labute approximate surface area is 151 Å². The van der Waals surface area contributed by atoms with Crippen LogP contribution in [0.4, 0.5) is 5.69 Å². The van der Waals surface area contributed by atoms with Crippen LogP contribution in [0.25, 0.3) is 0 Å². The molecule has 136 valence electrons. The monoisotopic (exact) mass is 342 g/mol. The first-order valence-electron chi connectivity index (χ1n) is 8.61. The van der Waals surface area contributed by atoms with Gasteiger partial charge in [-0.15, -0.1) is 0 Å². The molecule has 0 amide bonds. The lowest BCUT2D eigenvalue weighted by atomic mass is 10.0. The van der Waals surface area contributed by atoms with E-state index in [4.69, 9.17) is 0 Å². The highest BCUT2D eigenvalue weighted by Gasteiger charge is 2.26. The molecule has 4 nitrogen and oxygen atoms in total. The van der Waals surface area contributed by atoms with Crippen molar-refractivity contribution >= 4 is 5.69 Å². The molecule has 0 radical (unpaired) electrons. The molecule has 4 heteroatoms. The van der Waals surface area contributed by atoms with Crippen molar-refractivity contribution in [2.75, 3.05) is 31.1 Å². The topological polar surface area (TPSA) is 46.9 Å². The van der Waals surface area contributed by atoms with Crippen LogP contribution in [0.3, 0.4) is 0 Å². The Morgan fingerprint density at radius 2 is 1.64 bits per heavy atom. The number of anilines is 1. The largest absolute Gasteiger partial charge is 0.392 e. The minimum atomic E-state index is -0.463. The second-order valence-electron chi connectivity index (χ2n) is 6.45. The molecule has 25 heavy (non-hydrogen) atoms. The Morgan fingerprint density at radius 3 is 2.28 bits per heavy atom. The fourth-order valence-electron chi connectivity index (χ4n) is 3.37. The molecule has 2 aromatic carbocycles.